The molecule has 0 unspecified atom stereocenters. The standard InChI is InChI=1S/C14H19ClN2O3/c15-13-5-4-12(20-13)14(19)17-8-6-16(7-9-17)10-2-1-3-11(10)18/h4-5,10-11,18H,1-3,6-9H2/t10-,11-/m1/s1. The summed E-state index contributed by atoms with van der Waals surface area (Å²) in [5.74, 6) is 0.188. The fourth-order valence-electron chi connectivity index (χ4n) is 3.19. The van der Waals surface area contributed by atoms with E-state index in [1.807, 2.05) is 0 Å². The summed E-state index contributed by atoms with van der Waals surface area (Å²) < 4.78 is 5.16. The molecule has 1 aromatic heterocycles. The second-order valence-corrected chi connectivity index (χ2v) is 5.87. The molecule has 1 aliphatic heterocycles. The van der Waals surface area contributed by atoms with E-state index in [4.69, 9.17) is 16.0 Å². The number of piperazine rings is 1. The van der Waals surface area contributed by atoms with Gasteiger partial charge in [-0.15, -0.1) is 0 Å². The van der Waals surface area contributed by atoms with Crippen molar-refractivity contribution in [1.29, 1.82) is 0 Å². The fourth-order valence-corrected chi connectivity index (χ4v) is 3.33. The summed E-state index contributed by atoms with van der Waals surface area (Å²) in [7, 11) is 0. The number of nitrogens with zero attached hydrogens (tertiary/aromatic N) is 2. The molecule has 1 aliphatic carbocycles. The second kappa shape index (κ2) is 5.76. The summed E-state index contributed by atoms with van der Waals surface area (Å²) >= 11 is 5.70. The van der Waals surface area contributed by atoms with Gasteiger partial charge in [0.1, 0.15) is 0 Å². The van der Waals surface area contributed by atoms with Crippen LogP contribution in [0.15, 0.2) is 16.5 Å². The summed E-state index contributed by atoms with van der Waals surface area (Å²) in [4.78, 5) is 16.3. The van der Waals surface area contributed by atoms with Crippen LogP contribution in [-0.2, 0) is 0 Å². The van der Waals surface area contributed by atoms with Gasteiger partial charge in [-0.2, -0.15) is 0 Å². The molecule has 1 aromatic rings. The van der Waals surface area contributed by atoms with Crippen LogP contribution in [-0.4, -0.2) is 59.1 Å². The van der Waals surface area contributed by atoms with Crippen molar-refractivity contribution in [2.24, 2.45) is 0 Å². The Labute approximate surface area is 123 Å². The highest BCUT2D eigenvalue weighted by atomic mass is 35.5. The lowest BCUT2D eigenvalue weighted by molar-refractivity contribution is 0.0302. The number of hydrogen-bond acceptors (Lipinski definition) is 4. The van der Waals surface area contributed by atoms with E-state index in [1.165, 1.54) is 0 Å². The number of amides is 1. The molecule has 1 saturated carbocycles. The molecule has 3 rings (SSSR count). The van der Waals surface area contributed by atoms with Crippen LogP contribution < -0.4 is 0 Å². The Bertz CT molecular complexity index is 483. The summed E-state index contributed by atoms with van der Waals surface area (Å²) in [5.41, 5.74) is 0. The molecular formula is C14H19ClN2O3. The molecule has 1 saturated heterocycles. The van der Waals surface area contributed by atoms with Crippen molar-refractivity contribution in [2.75, 3.05) is 26.2 Å². The Morgan fingerprint density at radius 1 is 1.25 bits per heavy atom. The number of aliphatic hydroxyl groups excluding tert-OH is 1. The maximum atomic E-state index is 12.2. The van der Waals surface area contributed by atoms with Crippen LogP contribution in [0.25, 0.3) is 0 Å². The van der Waals surface area contributed by atoms with Gasteiger partial charge in [-0.05, 0) is 43.0 Å². The summed E-state index contributed by atoms with van der Waals surface area (Å²) in [6.07, 6.45) is 2.84. The Kier molecular flexibility index (Phi) is 4.01. The van der Waals surface area contributed by atoms with Crippen LogP contribution in [0, 0.1) is 0 Å². The van der Waals surface area contributed by atoms with Gasteiger partial charge in [0.15, 0.2) is 11.0 Å². The molecular weight excluding hydrogens is 280 g/mol. The van der Waals surface area contributed by atoms with E-state index in [0.717, 1.165) is 32.4 Å². The minimum atomic E-state index is -0.207. The van der Waals surface area contributed by atoms with Crippen LogP contribution in [0.3, 0.4) is 0 Å². The highest BCUT2D eigenvalue weighted by Gasteiger charge is 2.33. The van der Waals surface area contributed by atoms with Gasteiger partial charge in [-0.1, -0.05) is 0 Å². The van der Waals surface area contributed by atoms with Gasteiger partial charge in [0.2, 0.25) is 0 Å². The highest BCUT2D eigenvalue weighted by molar-refractivity contribution is 6.29. The van der Waals surface area contributed by atoms with Crippen LogP contribution in [0.4, 0.5) is 0 Å². The molecule has 6 heteroatoms. The molecule has 0 aromatic carbocycles. The number of hydrogen-bond donors (Lipinski definition) is 1. The van der Waals surface area contributed by atoms with Gasteiger partial charge in [-0.25, -0.2) is 0 Å². The molecule has 1 N–H and O–H groups in total. The first kappa shape index (κ1) is 13.9. The third-order valence-corrected chi connectivity index (χ3v) is 4.50. The molecule has 5 nitrogen and oxygen atoms in total. The molecule has 2 atom stereocenters. The normalized spacial score (nSPS) is 28.0. The summed E-state index contributed by atoms with van der Waals surface area (Å²) in [6, 6.07) is 3.46. The van der Waals surface area contributed by atoms with E-state index in [0.29, 0.717) is 18.8 Å². The molecule has 110 valence electrons. The topological polar surface area (TPSA) is 56.9 Å². The number of halogens is 1. The zero-order valence-electron chi connectivity index (χ0n) is 11.3. The number of furan rings is 1. The monoisotopic (exact) mass is 298 g/mol. The smallest absolute Gasteiger partial charge is 0.289 e. The second-order valence-electron chi connectivity index (χ2n) is 5.50. The first-order valence-corrected chi connectivity index (χ1v) is 7.49. The lowest BCUT2D eigenvalue weighted by Crippen LogP contribution is -2.53. The Morgan fingerprint density at radius 3 is 2.55 bits per heavy atom. The first-order chi connectivity index (χ1) is 9.65. The summed E-state index contributed by atoms with van der Waals surface area (Å²) in [6.45, 7) is 2.95. The molecule has 20 heavy (non-hydrogen) atoms. The lowest BCUT2D eigenvalue weighted by Gasteiger charge is -2.38. The largest absolute Gasteiger partial charge is 0.440 e. The van der Waals surface area contributed by atoms with Crippen molar-refractivity contribution in [1.82, 2.24) is 9.80 Å². The highest BCUT2D eigenvalue weighted by Crippen LogP contribution is 2.25. The van der Waals surface area contributed by atoms with E-state index < -0.39 is 0 Å². The van der Waals surface area contributed by atoms with Crippen molar-refractivity contribution in [3.05, 3.63) is 23.1 Å². The van der Waals surface area contributed by atoms with E-state index in [1.54, 1.807) is 17.0 Å². The fraction of sp³-hybridized carbons (Fsp3) is 0.643. The zero-order valence-corrected chi connectivity index (χ0v) is 12.1. The third-order valence-electron chi connectivity index (χ3n) is 4.30. The van der Waals surface area contributed by atoms with E-state index in [2.05, 4.69) is 4.90 Å². The van der Waals surface area contributed by atoms with Gasteiger partial charge in [0.05, 0.1) is 6.10 Å². The van der Waals surface area contributed by atoms with Gasteiger partial charge < -0.3 is 14.4 Å². The Hall–Kier alpha value is -1.04. The number of carbonyl (C=O) groups excluding carboxylic acids is 1. The van der Waals surface area contributed by atoms with Crippen LogP contribution >= 0.6 is 11.6 Å². The third kappa shape index (κ3) is 2.71. The van der Waals surface area contributed by atoms with E-state index >= 15 is 0 Å². The van der Waals surface area contributed by atoms with Crippen molar-refractivity contribution in [3.8, 4) is 0 Å². The van der Waals surface area contributed by atoms with Crippen molar-refractivity contribution in [2.45, 2.75) is 31.4 Å². The van der Waals surface area contributed by atoms with Crippen LogP contribution in [0.5, 0.6) is 0 Å². The first-order valence-electron chi connectivity index (χ1n) is 7.12. The van der Waals surface area contributed by atoms with Gasteiger partial charge >= 0.3 is 0 Å². The zero-order chi connectivity index (χ0) is 14.1. The van der Waals surface area contributed by atoms with Gasteiger partial charge in [0, 0.05) is 32.2 Å². The Balaban J connectivity index is 1.57. The summed E-state index contributed by atoms with van der Waals surface area (Å²) in [5, 5.41) is 10.2. The average Bonchev–Trinajstić information content (AvgIpc) is 3.07. The van der Waals surface area contributed by atoms with Gasteiger partial charge in [-0.3, -0.25) is 9.69 Å². The molecule has 1 amide bonds. The minimum absolute atomic E-state index is 0.108. The molecule has 0 spiro atoms. The average molecular weight is 299 g/mol. The predicted octanol–water partition coefficient (Wildman–Crippen LogP) is 1.60. The Morgan fingerprint density at radius 2 is 2.00 bits per heavy atom. The van der Waals surface area contributed by atoms with Gasteiger partial charge in [0.25, 0.3) is 5.91 Å². The number of aliphatic hydroxyl groups is 1. The van der Waals surface area contributed by atoms with Crippen molar-refractivity contribution < 1.29 is 14.3 Å². The van der Waals surface area contributed by atoms with E-state index in [-0.39, 0.29) is 23.3 Å². The van der Waals surface area contributed by atoms with Crippen LogP contribution in [0.1, 0.15) is 29.8 Å². The van der Waals surface area contributed by atoms with Crippen molar-refractivity contribution in [3.63, 3.8) is 0 Å². The molecule has 2 fully saturated rings. The quantitative estimate of drug-likeness (QED) is 0.901. The molecule has 0 bridgehead atoms. The number of rotatable bonds is 2. The SMILES string of the molecule is O=C(c1ccc(Cl)o1)N1CCN([C@@H]2CCC[C@H]2O)CC1. The predicted molar refractivity (Wildman–Crippen MR) is 74.8 cm³/mol. The number of carbonyl (C=O) groups is 1. The maximum Gasteiger partial charge on any atom is 0.289 e. The molecule has 0 radical (unpaired) electrons. The molecule has 2 heterocycles. The maximum absolute atomic E-state index is 12.2. The minimum Gasteiger partial charge on any atom is -0.440 e. The lowest BCUT2D eigenvalue weighted by atomic mass is 10.1. The van der Waals surface area contributed by atoms with E-state index in [9.17, 15) is 9.90 Å². The van der Waals surface area contributed by atoms with Crippen molar-refractivity contribution >= 4 is 17.5 Å². The van der Waals surface area contributed by atoms with Crippen LogP contribution in [0.2, 0.25) is 5.22 Å². The molecule has 2 aliphatic rings.